The van der Waals surface area contributed by atoms with Crippen molar-refractivity contribution < 1.29 is 4.79 Å². The molecule has 168 valence electrons. The minimum Gasteiger partial charge on any atom is -0.382 e. The first-order valence-electron chi connectivity index (χ1n) is 10.9. The number of hydrogen-bond donors (Lipinski definition) is 2. The summed E-state index contributed by atoms with van der Waals surface area (Å²) in [7, 11) is 2.18. The average molecular weight is 460 g/mol. The first-order chi connectivity index (χ1) is 16.1. The van der Waals surface area contributed by atoms with Crippen LogP contribution < -0.4 is 5.73 Å². The van der Waals surface area contributed by atoms with E-state index in [4.69, 9.17) is 10.7 Å². The number of benzene rings is 1. The van der Waals surface area contributed by atoms with Crippen LogP contribution in [0.15, 0.2) is 54.4 Å². The Kier molecular flexibility index (Phi) is 5.89. The first kappa shape index (κ1) is 21.3. The molecule has 4 aromatic heterocycles. The molecule has 0 amide bonds. The quantitative estimate of drug-likeness (QED) is 0.391. The highest BCUT2D eigenvalue weighted by Gasteiger charge is 2.25. The molecule has 0 spiro atoms. The Morgan fingerprint density at radius 3 is 2.76 bits per heavy atom. The number of nitrogens with two attached hydrogens (primary N) is 1. The van der Waals surface area contributed by atoms with Crippen molar-refractivity contribution >= 4 is 39.9 Å². The molecule has 0 bridgehead atoms. The van der Waals surface area contributed by atoms with Gasteiger partial charge in [-0.05, 0) is 45.1 Å². The molecule has 1 saturated heterocycles. The van der Waals surface area contributed by atoms with E-state index in [9.17, 15) is 4.79 Å². The molecule has 5 aromatic rings. The van der Waals surface area contributed by atoms with Crippen LogP contribution >= 0.6 is 11.3 Å². The topological polar surface area (TPSA) is 105 Å². The Bertz CT molecular complexity index is 1350. The lowest BCUT2D eigenvalue weighted by Gasteiger charge is -2.28. The number of piperidine rings is 1. The van der Waals surface area contributed by atoms with Crippen LogP contribution in [0.5, 0.6) is 0 Å². The fraction of sp³-hybridized carbons (Fsp3) is 0.250. The molecule has 9 heteroatoms. The number of rotatable bonds is 3. The third-order valence-corrected chi connectivity index (χ3v) is 6.75. The van der Waals surface area contributed by atoms with Gasteiger partial charge in [-0.25, -0.2) is 9.97 Å². The number of H-pyrrole nitrogens is 1. The number of thiazole rings is 1. The van der Waals surface area contributed by atoms with Crippen molar-refractivity contribution in [1.82, 2.24) is 29.2 Å². The van der Waals surface area contributed by atoms with Gasteiger partial charge in [-0.15, -0.1) is 11.3 Å². The number of carbonyl (C=O) groups excluding carboxylic acids is 1. The Morgan fingerprint density at radius 2 is 2.06 bits per heavy atom. The second-order valence-corrected chi connectivity index (χ2v) is 9.14. The SMILES string of the molecule is CN1CCC(c2nc(-c3cc4ccccc4[nH]3)c3c(N)nccn23)CC1.O=Cc1cncs1. The number of nitrogens with one attached hydrogen (secondary N) is 1. The number of aromatic amines is 1. The molecule has 3 N–H and O–H groups in total. The summed E-state index contributed by atoms with van der Waals surface area (Å²) in [6, 6.07) is 10.4. The van der Waals surface area contributed by atoms with E-state index >= 15 is 0 Å². The van der Waals surface area contributed by atoms with E-state index in [1.807, 2.05) is 18.3 Å². The number of fused-ring (bicyclic) bond motifs is 2. The van der Waals surface area contributed by atoms with Crippen LogP contribution in [0.25, 0.3) is 27.8 Å². The number of carbonyl (C=O) groups is 1. The summed E-state index contributed by atoms with van der Waals surface area (Å²) in [5, 5.41) is 1.17. The van der Waals surface area contributed by atoms with Crippen molar-refractivity contribution in [1.29, 1.82) is 0 Å². The molecule has 1 aromatic carbocycles. The lowest BCUT2D eigenvalue weighted by molar-refractivity contribution is 0.112. The zero-order chi connectivity index (χ0) is 22.8. The first-order valence-corrected chi connectivity index (χ1v) is 11.7. The molecule has 1 aliphatic rings. The van der Waals surface area contributed by atoms with E-state index in [1.54, 1.807) is 11.7 Å². The predicted molar refractivity (Wildman–Crippen MR) is 132 cm³/mol. The Hall–Kier alpha value is -3.56. The van der Waals surface area contributed by atoms with E-state index in [0.29, 0.717) is 16.6 Å². The van der Waals surface area contributed by atoms with Crippen LogP contribution in [0.1, 0.15) is 34.3 Å². The van der Waals surface area contributed by atoms with Crippen molar-refractivity contribution in [2.24, 2.45) is 0 Å². The summed E-state index contributed by atoms with van der Waals surface area (Å²) in [6.45, 7) is 2.20. The average Bonchev–Trinajstić information content (AvgIpc) is 3.58. The zero-order valence-electron chi connectivity index (χ0n) is 18.3. The van der Waals surface area contributed by atoms with Crippen molar-refractivity contribution in [3.05, 3.63) is 65.1 Å². The van der Waals surface area contributed by atoms with Gasteiger partial charge in [0.1, 0.15) is 22.9 Å². The van der Waals surface area contributed by atoms with Gasteiger partial charge in [-0.1, -0.05) is 18.2 Å². The van der Waals surface area contributed by atoms with E-state index in [1.165, 1.54) is 22.9 Å². The highest BCUT2D eigenvalue weighted by atomic mass is 32.1. The third kappa shape index (κ3) is 4.24. The molecule has 0 radical (unpaired) electrons. The fourth-order valence-corrected chi connectivity index (χ4v) is 4.74. The second kappa shape index (κ2) is 9.13. The van der Waals surface area contributed by atoms with Crippen LogP contribution in [-0.2, 0) is 0 Å². The summed E-state index contributed by atoms with van der Waals surface area (Å²) in [4.78, 5) is 29.4. The van der Waals surface area contributed by atoms with Gasteiger partial charge in [0.05, 0.1) is 16.1 Å². The van der Waals surface area contributed by atoms with Gasteiger partial charge in [-0.2, -0.15) is 0 Å². The standard InChI is InChI=1S/C20H22N6.C4H3NOS/c1-25-9-6-13(7-10-25)20-24-17(18-19(21)22-8-11-26(18)20)16-12-14-4-2-3-5-15(14)23-16;6-2-4-1-5-3-7-4/h2-5,8,11-13,23H,6-7,9-10H2,1H3,(H2,21,22);1-3H. The number of hydrogen-bond acceptors (Lipinski definition) is 7. The van der Waals surface area contributed by atoms with Gasteiger partial charge in [-0.3, -0.25) is 14.2 Å². The van der Waals surface area contributed by atoms with Gasteiger partial charge in [0.15, 0.2) is 6.29 Å². The molecule has 1 fully saturated rings. The highest BCUT2D eigenvalue weighted by molar-refractivity contribution is 7.11. The van der Waals surface area contributed by atoms with Gasteiger partial charge in [0.25, 0.3) is 0 Å². The van der Waals surface area contributed by atoms with E-state index in [0.717, 1.165) is 60.5 Å². The molecular formula is C24H25N7OS. The fourth-order valence-electron chi connectivity index (χ4n) is 4.31. The maximum atomic E-state index is 9.84. The summed E-state index contributed by atoms with van der Waals surface area (Å²) in [6.07, 6.45) is 8.30. The zero-order valence-corrected chi connectivity index (χ0v) is 19.1. The number of aldehydes is 1. The van der Waals surface area contributed by atoms with Crippen molar-refractivity contribution in [3.8, 4) is 11.4 Å². The van der Waals surface area contributed by atoms with Crippen molar-refractivity contribution in [2.45, 2.75) is 18.8 Å². The Balaban J connectivity index is 0.000000281. The number of imidazole rings is 1. The van der Waals surface area contributed by atoms with E-state index in [-0.39, 0.29) is 0 Å². The number of likely N-dealkylation sites (tertiary alicyclic amines) is 1. The van der Waals surface area contributed by atoms with Gasteiger partial charge < -0.3 is 15.6 Å². The molecule has 0 aliphatic carbocycles. The molecular weight excluding hydrogens is 434 g/mol. The van der Waals surface area contributed by atoms with Crippen LogP contribution in [0.3, 0.4) is 0 Å². The Labute approximate surface area is 195 Å². The van der Waals surface area contributed by atoms with Crippen molar-refractivity contribution in [2.75, 3.05) is 25.9 Å². The Morgan fingerprint density at radius 1 is 1.24 bits per heavy atom. The summed E-state index contributed by atoms with van der Waals surface area (Å²) in [5.74, 6) is 2.06. The molecule has 6 rings (SSSR count). The van der Waals surface area contributed by atoms with Crippen molar-refractivity contribution in [3.63, 3.8) is 0 Å². The molecule has 5 heterocycles. The van der Waals surface area contributed by atoms with Gasteiger partial charge in [0.2, 0.25) is 0 Å². The van der Waals surface area contributed by atoms with E-state index in [2.05, 4.69) is 49.5 Å². The van der Waals surface area contributed by atoms with Gasteiger partial charge in [0, 0.05) is 35.4 Å². The van der Waals surface area contributed by atoms with E-state index < -0.39 is 0 Å². The number of para-hydroxylation sites is 1. The maximum absolute atomic E-state index is 9.84. The number of nitrogen functional groups attached to an aromatic ring is 1. The summed E-state index contributed by atoms with van der Waals surface area (Å²) < 4.78 is 2.14. The smallest absolute Gasteiger partial charge is 0.161 e. The molecule has 33 heavy (non-hydrogen) atoms. The highest BCUT2D eigenvalue weighted by Crippen LogP contribution is 2.34. The summed E-state index contributed by atoms with van der Waals surface area (Å²) >= 11 is 1.34. The monoisotopic (exact) mass is 459 g/mol. The van der Waals surface area contributed by atoms with Crippen LogP contribution in [-0.4, -0.2) is 55.7 Å². The summed E-state index contributed by atoms with van der Waals surface area (Å²) in [5.41, 5.74) is 11.8. The lowest BCUT2D eigenvalue weighted by Crippen LogP contribution is -2.29. The molecule has 1 aliphatic heterocycles. The second-order valence-electron chi connectivity index (χ2n) is 8.22. The lowest BCUT2D eigenvalue weighted by atomic mass is 9.96. The maximum Gasteiger partial charge on any atom is 0.161 e. The van der Waals surface area contributed by atoms with Crippen LogP contribution in [0.4, 0.5) is 5.82 Å². The largest absolute Gasteiger partial charge is 0.382 e. The third-order valence-electron chi connectivity index (χ3n) is 6.05. The minimum absolute atomic E-state index is 0.443. The number of anilines is 1. The number of nitrogens with zero attached hydrogens (tertiary/aromatic N) is 5. The molecule has 0 saturated carbocycles. The van der Waals surface area contributed by atoms with Crippen LogP contribution in [0.2, 0.25) is 0 Å². The molecule has 0 atom stereocenters. The van der Waals surface area contributed by atoms with Gasteiger partial charge >= 0.3 is 0 Å². The predicted octanol–water partition coefficient (Wildman–Crippen LogP) is 4.22. The molecule has 8 nitrogen and oxygen atoms in total. The minimum atomic E-state index is 0.443. The normalized spacial score (nSPS) is 14.9. The van der Waals surface area contributed by atoms with Crippen LogP contribution in [0, 0.1) is 0 Å². The number of aromatic nitrogens is 5. The molecule has 0 unspecified atom stereocenters.